The van der Waals surface area contributed by atoms with Gasteiger partial charge in [-0.2, -0.15) is 4.98 Å². The number of hydrogen-bond donors (Lipinski definition) is 1. The zero-order valence-electron chi connectivity index (χ0n) is 15.8. The van der Waals surface area contributed by atoms with Crippen LogP contribution in [-0.4, -0.2) is 15.5 Å². The van der Waals surface area contributed by atoms with E-state index >= 15 is 0 Å². The number of carbonyl (C=O) groups is 1. The van der Waals surface area contributed by atoms with Crippen LogP contribution in [0.3, 0.4) is 0 Å². The number of rotatable bonds is 4. The van der Waals surface area contributed by atoms with Crippen molar-refractivity contribution in [1.29, 1.82) is 0 Å². The van der Waals surface area contributed by atoms with Crippen molar-refractivity contribution in [3.63, 3.8) is 0 Å². The molecular weight excluding hydrogens is 432 g/mol. The molecule has 0 fully saturated rings. The number of thioether (sulfide) groups is 1. The van der Waals surface area contributed by atoms with E-state index in [1.165, 1.54) is 36.0 Å². The molecule has 0 radical (unpaired) electrons. The van der Waals surface area contributed by atoms with E-state index in [0.717, 1.165) is 0 Å². The minimum absolute atomic E-state index is 0.0981. The highest BCUT2D eigenvalue weighted by molar-refractivity contribution is 7.98. The van der Waals surface area contributed by atoms with Crippen LogP contribution in [-0.2, 0) is 17.6 Å². The fraction of sp³-hybridized carbons (Fsp3) is 0.190. The molecule has 9 heteroatoms. The smallest absolute Gasteiger partial charge is 0.279 e. The van der Waals surface area contributed by atoms with Gasteiger partial charge in [-0.3, -0.25) is 9.59 Å². The summed E-state index contributed by atoms with van der Waals surface area (Å²) in [6.07, 6.45) is -0.119. The van der Waals surface area contributed by atoms with Crippen LogP contribution in [0.4, 0.5) is 14.6 Å². The van der Waals surface area contributed by atoms with E-state index in [0.29, 0.717) is 10.7 Å². The summed E-state index contributed by atoms with van der Waals surface area (Å²) in [4.78, 5) is 29.4. The van der Waals surface area contributed by atoms with Gasteiger partial charge in [-0.05, 0) is 23.8 Å². The molecule has 154 valence electrons. The molecule has 3 aromatic rings. The third-order valence-electron chi connectivity index (χ3n) is 4.96. The Balaban J connectivity index is 1.77. The van der Waals surface area contributed by atoms with Gasteiger partial charge in [-0.1, -0.05) is 47.6 Å². The summed E-state index contributed by atoms with van der Waals surface area (Å²) in [5.41, 5.74) is 0.165. The Morgan fingerprint density at radius 2 is 1.87 bits per heavy atom. The monoisotopic (exact) mass is 447 g/mol. The molecule has 0 saturated carbocycles. The van der Waals surface area contributed by atoms with E-state index in [1.54, 1.807) is 29.8 Å². The van der Waals surface area contributed by atoms with Crippen molar-refractivity contribution in [3.8, 4) is 0 Å². The van der Waals surface area contributed by atoms with Gasteiger partial charge in [0.1, 0.15) is 17.5 Å². The average Bonchev–Trinajstić information content (AvgIpc) is 2.70. The second-order valence-corrected chi connectivity index (χ2v) is 8.19. The van der Waals surface area contributed by atoms with E-state index in [-0.39, 0.29) is 45.9 Å². The topological polar surface area (TPSA) is 64.0 Å². The normalized spacial score (nSPS) is 15.6. The second-order valence-electron chi connectivity index (χ2n) is 6.84. The van der Waals surface area contributed by atoms with Crippen LogP contribution in [0.25, 0.3) is 0 Å². The third kappa shape index (κ3) is 3.73. The molecule has 4 rings (SSSR count). The zero-order chi connectivity index (χ0) is 21.4. The van der Waals surface area contributed by atoms with Gasteiger partial charge in [-0.15, -0.1) is 0 Å². The van der Waals surface area contributed by atoms with Crippen LogP contribution in [0.1, 0.15) is 29.0 Å². The lowest BCUT2D eigenvalue weighted by Crippen LogP contribution is -2.34. The second kappa shape index (κ2) is 8.20. The van der Waals surface area contributed by atoms with Gasteiger partial charge < -0.3 is 9.88 Å². The van der Waals surface area contributed by atoms with E-state index in [9.17, 15) is 18.4 Å². The molecule has 1 atom stereocenters. The molecule has 2 aromatic carbocycles. The number of amides is 1. The van der Waals surface area contributed by atoms with Crippen LogP contribution in [0.5, 0.6) is 0 Å². The maximum atomic E-state index is 14.5. The summed E-state index contributed by atoms with van der Waals surface area (Å²) >= 11 is 7.36. The fourth-order valence-electron chi connectivity index (χ4n) is 3.51. The lowest BCUT2D eigenvalue weighted by atomic mass is 9.86. The van der Waals surface area contributed by atoms with Gasteiger partial charge in [0, 0.05) is 35.7 Å². The SMILES string of the molecule is Cn1c(SCc2ccccc2F)nc(=O)c2c1NC(=O)CC2c1c(F)cccc1Cl. The highest BCUT2D eigenvalue weighted by Gasteiger charge is 2.34. The molecule has 1 amide bonds. The van der Waals surface area contributed by atoms with Crippen molar-refractivity contribution in [3.05, 3.63) is 86.2 Å². The van der Waals surface area contributed by atoms with Gasteiger partial charge in [0.2, 0.25) is 5.91 Å². The highest BCUT2D eigenvalue weighted by atomic mass is 35.5. The lowest BCUT2D eigenvalue weighted by molar-refractivity contribution is -0.116. The number of nitrogens with zero attached hydrogens (tertiary/aromatic N) is 2. The number of anilines is 1. The average molecular weight is 448 g/mol. The minimum Gasteiger partial charge on any atom is -0.312 e. The van der Waals surface area contributed by atoms with Gasteiger partial charge in [0.15, 0.2) is 5.16 Å². The maximum absolute atomic E-state index is 14.5. The van der Waals surface area contributed by atoms with Crippen molar-refractivity contribution < 1.29 is 13.6 Å². The molecule has 1 aliphatic rings. The van der Waals surface area contributed by atoms with Gasteiger partial charge in [-0.25, -0.2) is 8.78 Å². The summed E-state index contributed by atoms with van der Waals surface area (Å²) in [5, 5.41) is 3.14. The van der Waals surface area contributed by atoms with E-state index in [1.807, 2.05) is 0 Å². The van der Waals surface area contributed by atoms with E-state index in [4.69, 9.17) is 11.6 Å². The summed E-state index contributed by atoms with van der Waals surface area (Å²) < 4.78 is 30.0. The predicted molar refractivity (Wildman–Crippen MR) is 112 cm³/mol. The number of carbonyl (C=O) groups excluding carboxylic acids is 1. The molecule has 1 aromatic heterocycles. The minimum atomic E-state index is -0.848. The molecule has 0 saturated heterocycles. The molecule has 1 unspecified atom stereocenters. The Hall–Kier alpha value is -2.71. The maximum Gasteiger partial charge on any atom is 0.279 e. The number of benzene rings is 2. The van der Waals surface area contributed by atoms with Crippen molar-refractivity contribution in [2.45, 2.75) is 23.2 Å². The summed E-state index contributed by atoms with van der Waals surface area (Å²) in [6, 6.07) is 10.5. The Labute approximate surface area is 180 Å². The van der Waals surface area contributed by atoms with Crippen molar-refractivity contribution in [2.75, 3.05) is 5.32 Å². The van der Waals surface area contributed by atoms with Crippen LogP contribution in [0.15, 0.2) is 52.4 Å². The first-order valence-corrected chi connectivity index (χ1v) is 10.4. The molecule has 1 aliphatic heterocycles. The van der Waals surface area contributed by atoms with Gasteiger partial charge in [0.05, 0.1) is 5.56 Å². The number of halogens is 3. The Bertz CT molecular complexity index is 1200. The zero-order valence-corrected chi connectivity index (χ0v) is 17.4. The van der Waals surface area contributed by atoms with E-state index < -0.39 is 17.3 Å². The van der Waals surface area contributed by atoms with Crippen LogP contribution in [0, 0.1) is 11.6 Å². The first-order valence-electron chi connectivity index (χ1n) is 9.07. The quantitative estimate of drug-likeness (QED) is 0.473. The molecule has 2 heterocycles. The first-order chi connectivity index (χ1) is 14.4. The summed E-state index contributed by atoms with van der Waals surface area (Å²) in [7, 11) is 1.64. The summed E-state index contributed by atoms with van der Waals surface area (Å²) in [6.45, 7) is 0. The standard InChI is InChI=1S/C21H16ClF2N3O2S/c1-27-19-18(12(9-16(28)25-19)17-13(22)6-4-8-15(17)24)20(29)26-21(27)30-10-11-5-2-3-7-14(11)23/h2-8,12H,9-10H2,1H3,(H,25,28). The summed E-state index contributed by atoms with van der Waals surface area (Å²) in [5.74, 6) is -1.66. The van der Waals surface area contributed by atoms with Gasteiger partial charge >= 0.3 is 0 Å². The molecule has 0 bridgehead atoms. The first kappa shape index (κ1) is 20.6. The molecule has 30 heavy (non-hydrogen) atoms. The van der Waals surface area contributed by atoms with Crippen molar-refractivity contribution >= 4 is 35.1 Å². The van der Waals surface area contributed by atoms with Crippen molar-refractivity contribution in [2.24, 2.45) is 7.05 Å². The van der Waals surface area contributed by atoms with Crippen LogP contribution >= 0.6 is 23.4 Å². The van der Waals surface area contributed by atoms with Gasteiger partial charge in [0.25, 0.3) is 5.56 Å². The molecule has 5 nitrogen and oxygen atoms in total. The van der Waals surface area contributed by atoms with Crippen LogP contribution < -0.4 is 10.9 Å². The Morgan fingerprint density at radius 3 is 2.60 bits per heavy atom. The number of nitrogens with one attached hydrogen (secondary N) is 1. The fourth-order valence-corrected chi connectivity index (χ4v) is 4.76. The lowest BCUT2D eigenvalue weighted by Gasteiger charge is -2.28. The largest absolute Gasteiger partial charge is 0.312 e. The predicted octanol–water partition coefficient (Wildman–Crippen LogP) is 4.48. The van der Waals surface area contributed by atoms with E-state index in [2.05, 4.69) is 10.3 Å². The number of fused-ring (bicyclic) bond motifs is 1. The molecule has 0 spiro atoms. The van der Waals surface area contributed by atoms with Crippen LogP contribution in [0.2, 0.25) is 5.02 Å². The Morgan fingerprint density at radius 1 is 1.13 bits per heavy atom. The molecular formula is C21H16ClF2N3O2S. The highest BCUT2D eigenvalue weighted by Crippen LogP contribution is 2.39. The third-order valence-corrected chi connectivity index (χ3v) is 6.37. The Kier molecular flexibility index (Phi) is 5.62. The molecule has 1 N–H and O–H groups in total. The molecule has 0 aliphatic carbocycles. The van der Waals surface area contributed by atoms with Crippen molar-refractivity contribution in [1.82, 2.24) is 9.55 Å². The number of hydrogen-bond acceptors (Lipinski definition) is 4. The number of aromatic nitrogens is 2.